The normalized spacial score (nSPS) is 18.3. The Morgan fingerprint density at radius 3 is 0.904 bits per heavy atom. The Labute approximate surface area is 759 Å². The summed E-state index contributed by atoms with van der Waals surface area (Å²) in [6, 6.07) is 0. The number of allylic oxidation sites excluding steroid dienone is 38. The molecule has 0 heterocycles. The molecule has 14 heteroatoms. The van der Waals surface area contributed by atoms with Crippen LogP contribution in [-0.4, -0.2) is 86.3 Å². The van der Waals surface area contributed by atoms with Crippen molar-refractivity contribution in [3.05, 3.63) is 235 Å². The molecule has 0 spiro atoms. The summed E-state index contributed by atoms with van der Waals surface area (Å²) in [5.74, 6) is -1.62. The van der Waals surface area contributed by atoms with Gasteiger partial charge in [-0.1, -0.05) is 254 Å². The number of rotatable bonds is 51. The van der Waals surface area contributed by atoms with E-state index < -0.39 is 11.8 Å². The fraction of sp³-hybridized carbons (Fsp3) is 0.568. The topological polar surface area (TPSA) is 209 Å². The highest BCUT2D eigenvalue weighted by molar-refractivity contribution is 5.95. The predicted octanol–water partition coefficient (Wildman–Crippen LogP) is 25.8. The number of hydrogen-bond acceptors (Lipinski definition) is 8. The molecule has 6 N–H and O–H groups in total. The Kier molecular flexibility index (Phi) is 52.7. The third-order valence-corrected chi connectivity index (χ3v) is 24.5. The number of hydrogen-bond donors (Lipinski definition) is 6. The maximum absolute atomic E-state index is 13.5. The highest BCUT2D eigenvalue weighted by atomic mass is 16.2. The van der Waals surface area contributed by atoms with E-state index in [2.05, 4.69) is 216 Å². The number of carbonyl (C=O) groups excluding carboxylic acids is 8. The van der Waals surface area contributed by atoms with E-state index in [1.807, 2.05) is 89.3 Å². The summed E-state index contributed by atoms with van der Waals surface area (Å²) in [4.78, 5) is 102. The molecule has 0 saturated carbocycles. The lowest BCUT2D eigenvalue weighted by atomic mass is 9.72. The van der Waals surface area contributed by atoms with Crippen molar-refractivity contribution in [2.24, 2.45) is 33.5 Å². The Hall–Kier alpha value is -9.04. The quantitative estimate of drug-likeness (QED) is 0.0196. The van der Waals surface area contributed by atoms with E-state index >= 15 is 0 Å². The minimum absolute atomic E-state index is 0.0389. The molecule has 4 aliphatic rings. The van der Waals surface area contributed by atoms with Crippen LogP contribution >= 0.6 is 0 Å². The average Bonchev–Trinajstić information content (AvgIpc) is 0.838. The molecule has 0 aromatic rings. The van der Waals surface area contributed by atoms with Gasteiger partial charge in [0.1, 0.15) is 0 Å². The second kappa shape index (κ2) is 59.8. The molecule has 0 bridgehead atoms. The summed E-state index contributed by atoms with van der Waals surface area (Å²) in [5, 5.41) is 17.7. The summed E-state index contributed by atoms with van der Waals surface area (Å²) in [6.45, 7) is 50.8. The molecule has 0 aromatic heterocycles. The first kappa shape index (κ1) is 110. The third kappa shape index (κ3) is 47.4. The monoisotopic (exact) mass is 1710 g/mol. The van der Waals surface area contributed by atoms with Gasteiger partial charge in [-0.15, -0.1) is 0 Å². The number of nitrogens with one attached hydrogen (secondary N) is 6. The van der Waals surface area contributed by atoms with Crippen molar-refractivity contribution in [3.8, 4) is 0 Å². The van der Waals surface area contributed by atoms with Gasteiger partial charge in [0, 0.05) is 88.9 Å². The number of carbonyl (C=O) groups is 8. The van der Waals surface area contributed by atoms with Crippen LogP contribution in [0.15, 0.2) is 235 Å². The molecule has 4 aliphatic carbocycles. The Morgan fingerprint density at radius 1 is 0.320 bits per heavy atom. The molecular weight excluding hydrogens is 1550 g/mol. The van der Waals surface area contributed by atoms with Crippen LogP contribution in [0.5, 0.6) is 0 Å². The molecule has 690 valence electrons. The molecule has 125 heavy (non-hydrogen) atoms. The largest absolute Gasteiger partial charge is 0.356 e. The maximum atomic E-state index is 13.5. The molecule has 14 nitrogen and oxygen atoms in total. The molecule has 0 aliphatic heterocycles. The fourth-order valence-electron chi connectivity index (χ4n) is 17.0. The van der Waals surface area contributed by atoms with E-state index in [4.69, 9.17) is 0 Å². The zero-order valence-electron chi connectivity index (χ0n) is 82.0. The molecular formula is C111H168N6O8. The van der Waals surface area contributed by atoms with Gasteiger partial charge in [0.05, 0.1) is 0 Å². The average molecular weight is 1710 g/mol. The zero-order chi connectivity index (χ0) is 93.0. The molecule has 0 aromatic carbocycles. The van der Waals surface area contributed by atoms with Gasteiger partial charge in [0.2, 0.25) is 35.4 Å². The van der Waals surface area contributed by atoms with Crippen molar-refractivity contribution in [1.82, 2.24) is 31.9 Å². The standard InChI is InChI=1S/C59H90N4O5.C52H78N2O3/c1-12-60-54(65)30-20-31-55(66)61-38-15-13-16-40-63-57(68)50(43-51(64)41-46(4)25-18-23-44(2)32-34-52-48(6)27-21-36-58(52,8)9)29-14-17-39-62-56(67)42-47(5)26-19-24-45(3)33-35-53-49(7)28-22-37-59(53,10)11;1-12-13-15-35-54-50(57)45(38-46(55)36-41(4)23-17-21-39(2)28-30-47-43(6)25-19-32-51(47,8)9)27-14-16-34-53-49(56)37-42(5)24-18-22-40(3)29-31-48-44(7)26-20-33-52(48,10)11/h18-19,23-26,32-35,41-42,50H,12-17,20-22,27-31,36-40,43H2,1-11H3,(H,60,65)(H,61,66)(H,62,67)(H,63,68);17-18,21-24,28-31,36-37,45H,12-16,19-20,25-27,32-35,38H2,1-11H3,(H,53,56)(H,54,57)/b25-18+,26-19+,34-32+,35-33+,44-23+,45-24+,46-41+,47-42+;23-17+,24-18+,30-28+,31-29+,39-21+,40-22+,41-36+,42-37+. The first-order valence-electron chi connectivity index (χ1n) is 47.5. The van der Waals surface area contributed by atoms with Crippen LogP contribution in [0.25, 0.3) is 0 Å². The van der Waals surface area contributed by atoms with E-state index in [0.29, 0.717) is 84.2 Å². The van der Waals surface area contributed by atoms with Crippen LogP contribution < -0.4 is 31.9 Å². The summed E-state index contributed by atoms with van der Waals surface area (Å²) in [5.41, 5.74) is 20.5. The van der Waals surface area contributed by atoms with Crippen LogP contribution in [0, 0.1) is 33.5 Å². The Balaban J connectivity index is 0.000000655. The fourth-order valence-corrected chi connectivity index (χ4v) is 17.0. The van der Waals surface area contributed by atoms with Crippen molar-refractivity contribution < 1.29 is 38.4 Å². The summed E-state index contributed by atoms with van der Waals surface area (Å²) < 4.78 is 0. The van der Waals surface area contributed by atoms with Crippen molar-refractivity contribution in [1.29, 1.82) is 0 Å². The molecule has 2 atom stereocenters. The molecule has 0 saturated heterocycles. The molecule has 4 rings (SSSR count). The minimum atomic E-state index is -0.493. The van der Waals surface area contributed by atoms with Gasteiger partial charge < -0.3 is 31.9 Å². The smallest absolute Gasteiger partial charge is 0.244 e. The summed E-state index contributed by atoms with van der Waals surface area (Å²) in [6.07, 6.45) is 73.5. The van der Waals surface area contributed by atoms with Crippen LogP contribution in [0.3, 0.4) is 0 Å². The van der Waals surface area contributed by atoms with Gasteiger partial charge in [-0.05, 0) is 303 Å². The van der Waals surface area contributed by atoms with Crippen LogP contribution in [0.4, 0.5) is 0 Å². The number of amides is 6. The summed E-state index contributed by atoms with van der Waals surface area (Å²) >= 11 is 0. The predicted molar refractivity (Wildman–Crippen MR) is 529 cm³/mol. The van der Waals surface area contributed by atoms with Crippen LogP contribution in [0.1, 0.15) is 339 Å². The molecule has 2 unspecified atom stereocenters. The Morgan fingerprint density at radius 2 is 0.600 bits per heavy atom. The number of ketones is 2. The third-order valence-electron chi connectivity index (χ3n) is 24.5. The minimum Gasteiger partial charge on any atom is -0.356 e. The van der Waals surface area contributed by atoms with Crippen molar-refractivity contribution in [3.63, 3.8) is 0 Å². The lowest BCUT2D eigenvalue weighted by Crippen LogP contribution is -2.33. The highest BCUT2D eigenvalue weighted by Gasteiger charge is 2.31. The first-order chi connectivity index (χ1) is 59.2. The van der Waals surface area contributed by atoms with E-state index in [1.54, 1.807) is 24.3 Å². The lowest BCUT2D eigenvalue weighted by Gasteiger charge is -2.33. The van der Waals surface area contributed by atoms with Crippen molar-refractivity contribution in [2.45, 2.75) is 339 Å². The van der Waals surface area contributed by atoms with Crippen LogP contribution in [0.2, 0.25) is 0 Å². The molecule has 0 fully saturated rings. The lowest BCUT2D eigenvalue weighted by molar-refractivity contribution is -0.128. The SMILES string of the molecule is CCCCCNC(=O)C(CCCCNC(=O)/C=C(C)/C=C/C=C(C)/C=C/C1=C(C)CCCC1(C)C)CC(=O)/C=C(C)/C=C/C=C(C)/C=C/C1=C(C)CCCC1(C)C.CCNC(=O)CCCC(=O)NCCCCCNC(=O)C(CCCCNC(=O)/C=C(C)/C=C/C=C(C)/C=C/C1=C(C)CCCC1(C)C)CC(=O)/C=C(C)/C=C/C=C(C)/C=C/C1=C(C)CCCC1(C)C. The van der Waals surface area contributed by atoms with Gasteiger partial charge in [-0.3, -0.25) is 38.4 Å². The highest BCUT2D eigenvalue weighted by Crippen LogP contribution is 2.44. The van der Waals surface area contributed by atoms with Crippen LogP contribution in [-0.2, 0) is 38.4 Å². The van der Waals surface area contributed by atoms with Gasteiger partial charge in [0.15, 0.2) is 11.6 Å². The molecule has 0 radical (unpaired) electrons. The summed E-state index contributed by atoms with van der Waals surface area (Å²) in [7, 11) is 0. The van der Waals surface area contributed by atoms with Gasteiger partial charge in [-0.25, -0.2) is 0 Å². The molecule has 6 amide bonds. The Bertz CT molecular complexity index is 4220. The number of unbranched alkanes of at least 4 members (excludes halogenated alkanes) is 6. The second-order valence-electron chi connectivity index (χ2n) is 38.5. The van der Waals surface area contributed by atoms with E-state index in [0.717, 1.165) is 102 Å². The van der Waals surface area contributed by atoms with Crippen molar-refractivity contribution >= 4 is 47.0 Å². The second-order valence-corrected chi connectivity index (χ2v) is 38.5. The van der Waals surface area contributed by atoms with Gasteiger partial charge >= 0.3 is 0 Å². The van der Waals surface area contributed by atoms with E-state index in [9.17, 15) is 38.4 Å². The van der Waals surface area contributed by atoms with E-state index in [1.165, 1.54) is 115 Å². The van der Waals surface area contributed by atoms with E-state index in [-0.39, 0.29) is 81.5 Å². The van der Waals surface area contributed by atoms with Gasteiger partial charge in [-0.2, -0.15) is 0 Å². The van der Waals surface area contributed by atoms with Crippen molar-refractivity contribution in [2.75, 3.05) is 39.3 Å². The van der Waals surface area contributed by atoms with Gasteiger partial charge in [0.25, 0.3) is 0 Å². The maximum Gasteiger partial charge on any atom is 0.244 e. The zero-order valence-corrected chi connectivity index (χ0v) is 82.0. The first-order valence-corrected chi connectivity index (χ1v) is 47.5.